The van der Waals surface area contributed by atoms with Gasteiger partial charge < -0.3 is 9.64 Å². The highest BCUT2D eigenvalue weighted by Gasteiger charge is 2.26. The van der Waals surface area contributed by atoms with Crippen molar-refractivity contribution in [2.24, 2.45) is 11.8 Å². The van der Waals surface area contributed by atoms with Crippen LogP contribution in [0.3, 0.4) is 0 Å². The van der Waals surface area contributed by atoms with Crippen molar-refractivity contribution in [1.29, 1.82) is 0 Å². The summed E-state index contributed by atoms with van der Waals surface area (Å²) in [5.41, 5.74) is 0. The summed E-state index contributed by atoms with van der Waals surface area (Å²) in [5.74, 6) is 5.87. The van der Waals surface area contributed by atoms with E-state index in [0.29, 0.717) is 6.61 Å². The number of rotatable bonds is 5. The molecule has 0 aliphatic carbocycles. The molecule has 0 spiro atoms. The van der Waals surface area contributed by atoms with E-state index in [-0.39, 0.29) is 11.9 Å². The molecule has 2 fully saturated rings. The molecule has 0 unspecified atom stereocenters. The lowest BCUT2D eigenvalue weighted by Gasteiger charge is -2.35. The molecular formula is C14H28N4O2. The number of nitrogens with two attached hydrogens (primary N) is 1. The Morgan fingerprint density at radius 2 is 1.60 bits per heavy atom. The van der Waals surface area contributed by atoms with Crippen LogP contribution in [0.1, 0.15) is 19.8 Å². The lowest BCUT2D eigenvalue weighted by atomic mass is 9.97. The number of hydrogen-bond acceptors (Lipinski definition) is 6. The van der Waals surface area contributed by atoms with Crippen molar-refractivity contribution in [2.75, 3.05) is 59.0 Å². The highest BCUT2D eigenvalue weighted by atomic mass is 16.5. The second-order valence-electron chi connectivity index (χ2n) is 5.75. The van der Waals surface area contributed by atoms with Gasteiger partial charge in [0.1, 0.15) is 0 Å². The maximum absolute atomic E-state index is 11.7. The van der Waals surface area contributed by atoms with E-state index in [2.05, 4.69) is 9.80 Å². The summed E-state index contributed by atoms with van der Waals surface area (Å²) in [4.78, 5) is 16.6. The second-order valence-corrected chi connectivity index (χ2v) is 5.75. The fourth-order valence-corrected chi connectivity index (χ4v) is 2.92. The van der Waals surface area contributed by atoms with Gasteiger partial charge in [0, 0.05) is 39.3 Å². The molecule has 2 aliphatic heterocycles. The summed E-state index contributed by atoms with van der Waals surface area (Å²) >= 11 is 0. The van der Waals surface area contributed by atoms with Gasteiger partial charge in [-0.1, -0.05) is 0 Å². The van der Waals surface area contributed by atoms with Crippen molar-refractivity contribution in [3.8, 4) is 0 Å². The van der Waals surface area contributed by atoms with Gasteiger partial charge in [0.05, 0.1) is 12.5 Å². The fraction of sp³-hybridized carbons (Fsp3) is 0.929. The standard InChI is InChI=1S/C14H28N4O2/c1-2-20-14(19)13-3-5-16(6-4-13)7-8-17-9-11-18(15)12-10-17/h13H,2-12,15H2,1H3. The number of likely N-dealkylation sites (tertiary alicyclic amines) is 1. The molecule has 0 radical (unpaired) electrons. The molecule has 0 aromatic rings. The number of carbonyl (C=O) groups excluding carboxylic acids is 1. The summed E-state index contributed by atoms with van der Waals surface area (Å²) in [6.45, 7) is 10.7. The van der Waals surface area contributed by atoms with Crippen molar-refractivity contribution < 1.29 is 9.53 Å². The number of carbonyl (C=O) groups is 1. The molecular weight excluding hydrogens is 256 g/mol. The van der Waals surface area contributed by atoms with Gasteiger partial charge in [0.15, 0.2) is 0 Å². The fourth-order valence-electron chi connectivity index (χ4n) is 2.92. The predicted octanol–water partition coefficient (Wildman–Crippen LogP) is -0.247. The molecule has 116 valence electrons. The molecule has 2 saturated heterocycles. The number of piperidine rings is 1. The van der Waals surface area contributed by atoms with Gasteiger partial charge in [-0.15, -0.1) is 0 Å². The third-order valence-electron chi connectivity index (χ3n) is 4.35. The first-order valence-corrected chi connectivity index (χ1v) is 7.80. The number of nitrogens with zero attached hydrogens (tertiary/aromatic N) is 3. The monoisotopic (exact) mass is 284 g/mol. The van der Waals surface area contributed by atoms with Crippen molar-refractivity contribution in [3.05, 3.63) is 0 Å². The third kappa shape index (κ3) is 4.70. The molecule has 0 atom stereocenters. The van der Waals surface area contributed by atoms with Crippen LogP contribution in [-0.4, -0.2) is 79.7 Å². The first-order chi connectivity index (χ1) is 9.69. The molecule has 2 rings (SSSR count). The first-order valence-electron chi connectivity index (χ1n) is 7.80. The Kier molecular flexibility index (Phi) is 6.22. The molecule has 0 amide bonds. The molecule has 20 heavy (non-hydrogen) atoms. The van der Waals surface area contributed by atoms with Crippen LogP contribution in [-0.2, 0) is 9.53 Å². The lowest BCUT2D eigenvalue weighted by Crippen LogP contribution is -2.51. The van der Waals surface area contributed by atoms with E-state index in [4.69, 9.17) is 10.6 Å². The van der Waals surface area contributed by atoms with E-state index < -0.39 is 0 Å². The minimum Gasteiger partial charge on any atom is -0.466 e. The Morgan fingerprint density at radius 1 is 1.05 bits per heavy atom. The average molecular weight is 284 g/mol. The molecule has 6 nitrogen and oxygen atoms in total. The minimum atomic E-state index is -0.00813. The van der Waals surface area contributed by atoms with Crippen LogP contribution in [0.15, 0.2) is 0 Å². The molecule has 0 aromatic heterocycles. The van der Waals surface area contributed by atoms with E-state index in [0.717, 1.165) is 65.2 Å². The van der Waals surface area contributed by atoms with Gasteiger partial charge in [-0.25, -0.2) is 5.01 Å². The maximum Gasteiger partial charge on any atom is 0.309 e. The van der Waals surface area contributed by atoms with Crippen LogP contribution < -0.4 is 5.84 Å². The third-order valence-corrected chi connectivity index (χ3v) is 4.35. The van der Waals surface area contributed by atoms with Crippen LogP contribution in [0.5, 0.6) is 0 Å². The van der Waals surface area contributed by atoms with Crippen LogP contribution in [0, 0.1) is 5.92 Å². The van der Waals surface area contributed by atoms with Crippen molar-refractivity contribution in [2.45, 2.75) is 19.8 Å². The van der Waals surface area contributed by atoms with E-state index in [9.17, 15) is 4.79 Å². The normalized spacial score (nSPS) is 23.9. The van der Waals surface area contributed by atoms with Gasteiger partial charge in [-0.2, -0.15) is 0 Å². The Labute approximate surface area is 121 Å². The van der Waals surface area contributed by atoms with Crippen molar-refractivity contribution >= 4 is 5.97 Å². The Hall–Kier alpha value is -0.690. The molecule has 6 heteroatoms. The number of esters is 1. The number of hydrogen-bond donors (Lipinski definition) is 1. The summed E-state index contributed by atoms with van der Waals surface area (Å²) in [5, 5.41) is 1.89. The molecule has 2 N–H and O–H groups in total. The van der Waals surface area contributed by atoms with E-state index >= 15 is 0 Å². The first kappa shape index (κ1) is 15.7. The van der Waals surface area contributed by atoms with Gasteiger partial charge >= 0.3 is 5.97 Å². The predicted molar refractivity (Wildman–Crippen MR) is 78.0 cm³/mol. The van der Waals surface area contributed by atoms with Crippen LogP contribution in [0.2, 0.25) is 0 Å². The van der Waals surface area contributed by atoms with Crippen LogP contribution in [0.4, 0.5) is 0 Å². The van der Waals surface area contributed by atoms with Crippen molar-refractivity contribution in [1.82, 2.24) is 14.8 Å². The smallest absolute Gasteiger partial charge is 0.309 e. The van der Waals surface area contributed by atoms with Gasteiger partial charge in [-0.05, 0) is 32.9 Å². The van der Waals surface area contributed by atoms with Crippen molar-refractivity contribution in [3.63, 3.8) is 0 Å². The highest BCUT2D eigenvalue weighted by molar-refractivity contribution is 5.72. The summed E-state index contributed by atoms with van der Waals surface area (Å²) < 4.78 is 5.10. The summed E-state index contributed by atoms with van der Waals surface area (Å²) in [6.07, 6.45) is 1.88. The molecule has 2 heterocycles. The Bertz CT molecular complexity index is 298. The summed E-state index contributed by atoms with van der Waals surface area (Å²) in [7, 11) is 0. The van der Waals surface area contributed by atoms with Crippen LogP contribution >= 0.6 is 0 Å². The quantitative estimate of drug-likeness (QED) is 0.555. The number of hydrazine groups is 1. The Balaban J connectivity index is 1.61. The number of piperazine rings is 1. The van der Waals surface area contributed by atoms with E-state index in [1.54, 1.807) is 0 Å². The zero-order valence-corrected chi connectivity index (χ0v) is 12.6. The zero-order chi connectivity index (χ0) is 14.4. The zero-order valence-electron chi connectivity index (χ0n) is 12.6. The molecule has 0 aromatic carbocycles. The SMILES string of the molecule is CCOC(=O)C1CCN(CCN2CCN(N)CC2)CC1. The van der Waals surface area contributed by atoms with Crippen LogP contribution in [0.25, 0.3) is 0 Å². The highest BCUT2D eigenvalue weighted by Crippen LogP contribution is 2.18. The summed E-state index contributed by atoms with van der Waals surface area (Å²) in [6, 6.07) is 0. The largest absolute Gasteiger partial charge is 0.466 e. The Morgan fingerprint density at radius 3 is 2.15 bits per heavy atom. The molecule has 2 aliphatic rings. The van der Waals surface area contributed by atoms with Gasteiger partial charge in [0.25, 0.3) is 0 Å². The second kappa shape index (κ2) is 7.93. The topological polar surface area (TPSA) is 62.0 Å². The minimum absolute atomic E-state index is 0.00813. The molecule has 0 saturated carbocycles. The maximum atomic E-state index is 11.7. The van der Waals surface area contributed by atoms with Gasteiger partial charge in [0.2, 0.25) is 0 Å². The van der Waals surface area contributed by atoms with E-state index in [1.165, 1.54) is 0 Å². The number of ether oxygens (including phenoxy) is 1. The average Bonchev–Trinajstić information content (AvgIpc) is 2.47. The van der Waals surface area contributed by atoms with Gasteiger partial charge in [-0.3, -0.25) is 15.5 Å². The lowest BCUT2D eigenvalue weighted by molar-refractivity contribution is -0.149. The molecule has 0 bridgehead atoms. The van der Waals surface area contributed by atoms with E-state index in [1.807, 2.05) is 11.9 Å².